The van der Waals surface area contributed by atoms with Crippen LogP contribution < -0.4 is 4.90 Å². The van der Waals surface area contributed by atoms with Gasteiger partial charge in [-0.05, 0) is 9.91 Å². The highest BCUT2D eigenvalue weighted by molar-refractivity contribution is 6.27. The number of anilines is 1. The van der Waals surface area contributed by atoms with Gasteiger partial charge in [-0.15, -0.1) is 11.6 Å². The van der Waals surface area contributed by atoms with Crippen LogP contribution >= 0.6 is 11.6 Å². The van der Waals surface area contributed by atoms with Crippen LogP contribution in [0.4, 0.5) is 11.6 Å². The van der Waals surface area contributed by atoms with E-state index in [1.807, 2.05) is 4.90 Å². The summed E-state index contributed by atoms with van der Waals surface area (Å²) in [7, 11) is 1.71. The minimum atomic E-state index is -0.494. The second kappa shape index (κ2) is 5.43. The van der Waals surface area contributed by atoms with Crippen molar-refractivity contribution in [2.24, 2.45) is 7.05 Å². The third-order valence-electron chi connectivity index (χ3n) is 3.11. The lowest BCUT2D eigenvalue weighted by atomic mass is 10.3. The van der Waals surface area contributed by atoms with Crippen LogP contribution in [0.2, 0.25) is 0 Å². The van der Waals surface area contributed by atoms with Gasteiger partial charge in [0.15, 0.2) is 0 Å². The number of aryl methyl sites for hydroxylation is 1. The van der Waals surface area contributed by atoms with Gasteiger partial charge in [0.25, 0.3) is 0 Å². The SMILES string of the molecule is Cn1cnc([N+](=O)[O-])c1N1CCN(C(=O)CCl)CC1. The van der Waals surface area contributed by atoms with E-state index in [1.54, 1.807) is 16.5 Å². The summed E-state index contributed by atoms with van der Waals surface area (Å²) in [6, 6.07) is 0. The topological polar surface area (TPSA) is 84.5 Å². The first-order valence-corrected chi connectivity index (χ1v) is 6.32. The maximum absolute atomic E-state index is 11.5. The zero-order valence-electron chi connectivity index (χ0n) is 10.5. The van der Waals surface area contributed by atoms with E-state index in [1.165, 1.54) is 6.33 Å². The summed E-state index contributed by atoms with van der Waals surface area (Å²) in [5.74, 6) is 0.176. The number of aromatic nitrogens is 2. The molecule has 0 aliphatic carbocycles. The van der Waals surface area contributed by atoms with Gasteiger partial charge in [0.05, 0.1) is 0 Å². The molecule has 1 aliphatic rings. The number of rotatable bonds is 3. The molecule has 0 bridgehead atoms. The van der Waals surface area contributed by atoms with Crippen molar-refractivity contribution >= 4 is 29.1 Å². The van der Waals surface area contributed by atoms with Crippen LogP contribution in [0.3, 0.4) is 0 Å². The van der Waals surface area contributed by atoms with E-state index in [2.05, 4.69) is 4.98 Å². The number of piperazine rings is 1. The van der Waals surface area contributed by atoms with Gasteiger partial charge in [0.1, 0.15) is 5.88 Å². The van der Waals surface area contributed by atoms with Crippen molar-refractivity contribution in [2.45, 2.75) is 0 Å². The lowest BCUT2D eigenvalue weighted by Crippen LogP contribution is -2.49. The number of amides is 1. The van der Waals surface area contributed by atoms with Gasteiger partial charge in [-0.2, -0.15) is 0 Å². The Balaban J connectivity index is 2.12. The molecule has 0 radical (unpaired) electrons. The van der Waals surface area contributed by atoms with E-state index in [-0.39, 0.29) is 17.6 Å². The molecule has 0 unspecified atom stereocenters. The smallest absolute Gasteiger partial charge is 0.358 e. The molecule has 2 rings (SSSR count). The standard InChI is InChI=1S/C10H14ClN5O3/c1-13-7-12-9(16(18)19)10(13)15-4-2-14(3-5-15)8(17)6-11/h7H,2-6H2,1H3. The van der Waals surface area contributed by atoms with Crippen LogP contribution in [0.1, 0.15) is 0 Å². The van der Waals surface area contributed by atoms with Crippen molar-refractivity contribution in [3.05, 3.63) is 16.4 Å². The fourth-order valence-electron chi connectivity index (χ4n) is 2.16. The van der Waals surface area contributed by atoms with E-state index >= 15 is 0 Å². The van der Waals surface area contributed by atoms with Gasteiger partial charge in [0, 0.05) is 33.2 Å². The Morgan fingerprint density at radius 2 is 2.11 bits per heavy atom. The van der Waals surface area contributed by atoms with Gasteiger partial charge in [0.2, 0.25) is 18.1 Å². The normalized spacial score (nSPS) is 15.7. The Morgan fingerprint density at radius 3 is 2.63 bits per heavy atom. The Kier molecular flexibility index (Phi) is 3.89. The summed E-state index contributed by atoms with van der Waals surface area (Å²) < 4.78 is 1.62. The van der Waals surface area contributed by atoms with Crippen molar-refractivity contribution in [1.82, 2.24) is 14.5 Å². The summed E-state index contributed by atoms with van der Waals surface area (Å²) in [5.41, 5.74) is 0. The van der Waals surface area contributed by atoms with Crippen LogP contribution in [-0.2, 0) is 11.8 Å². The molecule has 0 aromatic carbocycles. The fourth-order valence-corrected chi connectivity index (χ4v) is 2.33. The minimum absolute atomic E-state index is 0.0359. The number of hydrogen-bond acceptors (Lipinski definition) is 5. The molecule has 1 amide bonds. The van der Waals surface area contributed by atoms with E-state index in [0.717, 1.165) is 0 Å². The number of hydrogen-bond donors (Lipinski definition) is 0. The summed E-state index contributed by atoms with van der Waals surface area (Å²) in [4.78, 5) is 29.2. The second-order valence-corrected chi connectivity index (χ2v) is 4.53. The zero-order valence-corrected chi connectivity index (χ0v) is 11.2. The van der Waals surface area contributed by atoms with E-state index in [0.29, 0.717) is 32.0 Å². The first-order valence-electron chi connectivity index (χ1n) is 5.79. The molecule has 8 nitrogen and oxygen atoms in total. The fraction of sp³-hybridized carbons (Fsp3) is 0.600. The molecule has 0 atom stereocenters. The molecule has 1 aliphatic heterocycles. The Bertz CT molecular complexity index is 495. The lowest BCUT2D eigenvalue weighted by molar-refractivity contribution is -0.388. The predicted molar refractivity (Wildman–Crippen MR) is 69.4 cm³/mol. The first kappa shape index (κ1) is 13.6. The summed E-state index contributed by atoms with van der Waals surface area (Å²) >= 11 is 5.51. The van der Waals surface area contributed by atoms with Crippen LogP contribution in [0.25, 0.3) is 0 Å². The van der Waals surface area contributed by atoms with Gasteiger partial charge in [-0.1, -0.05) is 0 Å². The zero-order chi connectivity index (χ0) is 14.0. The highest BCUT2D eigenvalue weighted by atomic mass is 35.5. The van der Waals surface area contributed by atoms with E-state index in [9.17, 15) is 14.9 Å². The Morgan fingerprint density at radius 1 is 1.47 bits per heavy atom. The predicted octanol–water partition coefficient (Wildman–Crippen LogP) is 0.216. The van der Waals surface area contributed by atoms with Gasteiger partial charge < -0.3 is 19.9 Å². The number of carbonyl (C=O) groups is 1. The monoisotopic (exact) mass is 287 g/mol. The largest absolute Gasteiger partial charge is 0.406 e. The molecule has 1 fully saturated rings. The van der Waals surface area contributed by atoms with Gasteiger partial charge in [-0.25, -0.2) is 0 Å². The van der Waals surface area contributed by atoms with Crippen molar-refractivity contribution in [2.75, 3.05) is 37.0 Å². The maximum Gasteiger partial charge on any atom is 0.406 e. The Labute approximate surface area is 114 Å². The number of nitro groups is 1. The van der Waals surface area contributed by atoms with E-state index in [4.69, 9.17) is 11.6 Å². The molecule has 2 heterocycles. The van der Waals surface area contributed by atoms with E-state index < -0.39 is 4.92 Å². The van der Waals surface area contributed by atoms with Crippen LogP contribution in [0.5, 0.6) is 0 Å². The van der Waals surface area contributed by atoms with Crippen LogP contribution in [-0.4, -0.2) is 57.3 Å². The number of nitrogens with zero attached hydrogens (tertiary/aromatic N) is 5. The first-order chi connectivity index (χ1) is 9.04. The summed E-state index contributed by atoms with van der Waals surface area (Å²) in [6.07, 6.45) is 1.42. The minimum Gasteiger partial charge on any atom is -0.358 e. The quantitative estimate of drug-likeness (QED) is 0.451. The van der Waals surface area contributed by atoms with Crippen molar-refractivity contribution in [1.29, 1.82) is 0 Å². The molecule has 1 aromatic heterocycles. The van der Waals surface area contributed by atoms with Crippen LogP contribution in [0.15, 0.2) is 6.33 Å². The molecule has 0 spiro atoms. The number of imidazole rings is 1. The maximum atomic E-state index is 11.5. The molecular formula is C10H14ClN5O3. The number of carbonyl (C=O) groups excluding carboxylic acids is 1. The van der Waals surface area contributed by atoms with Crippen LogP contribution in [0, 0.1) is 10.1 Å². The molecule has 0 saturated carbocycles. The summed E-state index contributed by atoms with van der Waals surface area (Å²) in [5, 5.41) is 10.9. The third kappa shape index (κ3) is 2.62. The molecule has 19 heavy (non-hydrogen) atoms. The van der Waals surface area contributed by atoms with Gasteiger partial charge in [-0.3, -0.25) is 9.36 Å². The molecule has 104 valence electrons. The molecule has 9 heteroatoms. The Hall–Kier alpha value is -1.83. The molecule has 1 saturated heterocycles. The molecule has 1 aromatic rings. The number of alkyl halides is 1. The average molecular weight is 288 g/mol. The van der Waals surface area contributed by atoms with Gasteiger partial charge >= 0.3 is 5.82 Å². The summed E-state index contributed by atoms with van der Waals surface area (Å²) in [6.45, 7) is 2.08. The highest BCUT2D eigenvalue weighted by Gasteiger charge is 2.29. The highest BCUT2D eigenvalue weighted by Crippen LogP contribution is 2.26. The molecular weight excluding hydrogens is 274 g/mol. The molecule has 0 N–H and O–H groups in total. The third-order valence-corrected chi connectivity index (χ3v) is 3.34. The van der Waals surface area contributed by atoms with Crippen molar-refractivity contribution < 1.29 is 9.72 Å². The number of halogens is 1. The van der Waals surface area contributed by atoms with Crippen molar-refractivity contribution in [3.63, 3.8) is 0 Å². The second-order valence-electron chi connectivity index (χ2n) is 4.26. The van der Waals surface area contributed by atoms with Crippen molar-refractivity contribution in [3.8, 4) is 0 Å². The lowest BCUT2D eigenvalue weighted by Gasteiger charge is -2.35. The average Bonchev–Trinajstić information content (AvgIpc) is 2.80.